The number of carbonyl (C=O) groups is 2. The van der Waals surface area contributed by atoms with Gasteiger partial charge in [0, 0.05) is 16.5 Å². The van der Waals surface area contributed by atoms with Gasteiger partial charge in [-0.05, 0) is 47.7 Å². The van der Waals surface area contributed by atoms with Crippen molar-refractivity contribution in [1.82, 2.24) is 5.32 Å². The fraction of sp³-hybridized carbons (Fsp3) is 0.125. The first-order valence-corrected chi connectivity index (χ1v) is 7.26. The van der Waals surface area contributed by atoms with E-state index >= 15 is 0 Å². The highest BCUT2D eigenvalue weighted by molar-refractivity contribution is 7.10. The van der Waals surface area contributed by atoms with Crippen LogP contribution in [0.3, 0.4) is 0 Å². The van der Waals surface area contributed by atoms with Gasteiger partial charge in [-0.15, -0.1) is 11.3 Å². The number of amides is 1. The number of aryl methyl sites for hydroxylation is 1. The van der Waals surface area contributed by atoms with Crippen LogP contribution in [-0.4, -0.2) is 17.0 Å². The smallest absolute Gasteiger partial charge is 0.328 e. The van der Waals surface area contributed by atoms with E-state index in [1.165, 1.54) is 11.6 Å². The average Bonchev–Trinajstić information content (AvgIpc) is 2.88. The number of carbonyl (C=O) groups excluding carboxylic acids is 1. The molecule has 0 aliphatic heterocycles. The molecule has 0 spiro atoms. The van der Waals surface area contributed by atoms with Crippen LogP contribution in [0.1, 0.15) is 26.4 Å². The Morgan fingerprint density at radius 2 is 1.95 bits per heavy atom. The van der Waals surface area contributed by atoms with Gasteiger partial charge in [-0.1, -0.05) is 12.1 Å². The number of nitrogens with one attached hydrogen (secondary N) is 1. The monoisotopic (exact) mass is 301 g/mol. The van der Waals surface area contributed by atoms with Gasteiger partial charge < -0.3 is 10.4 Å². The number of benzene rings is 1. The average molecular weight is 301 g/mol. The Hall–Kier alpha value is -2.40. The minimum Gasteiger partial charge on any atom is -0.478 e. The Bertz CT molecular complexity index is 671. The van der Waals surface area contributed by atoms with Gasteiger partial charge >= 0.3 is 5.97 Å². The fourth-order valence-corrected chi connectivity index (χ4v) is 2.61. The number of rotatable bonds is 5. The molecule has 0 fully saturated rings. The maximum Gasteiger partial charge on any atom is 0.328 e. The summed E-state index contributed by atoms with van der Waals surface area (Å²) in [6.07, 6.45) is 2.55. The van der Waals surface area contributed by atoms with E-state index in [2.05, 4.69) is 5.32 Å². The molecule has 1 amide bonds. The molecule has 21 heavy (non-hydrogen) atoms. The maximum atomic E-state index is 12.0. The molecular formula is C16H15NO3S. The third-order valence-electron chi connectivity index (χ3n) is 2.97. The van der Waals surface area contributed by atoms with E-state index in [1.54, 1.807) is 35.6 Å². The molecule has 0 saturated carbocycles. The second-order valence-electron chi connectivity index (χ2n) is 4.50. The topological polar surface area (TPSA) is 66.4 Å². The first kappa shape index (κ1) is 15.0. The summed E-state index contributed by atoms with van der Waals surface area (Å²) in [6.45, 7) is 2.53. The Balaban J connectivity index is 1.97. The lowest BCUT2D eigenvalue weighted by atomic mass is 10.1. The summed E-state index contributed by atoms with van der Waals surface area (Å²) in [5, 5.41) is 13.4. The van der Waals surface area contributed by atoms with Crippen LogP contribution in [-0.2, 0) is 11.3 Å². The van der Waals surface area contributed by atoms with E-state index in [4.69, 9.17) is 5.11 Å². The highest BCUT2D eigenvalue weighted by Gasteiger charge is 2.06. The molecule has 1 aromatic heterocycles. The minimum absolute atomic E-state index is 0.142. The van der Waals surface area contributed by atoms with Crippen LogP contribution in [0.15, 0.2) is 41.8 Å². The fourth-order valence-electron chi connectivity index (χ4n) is 1.76. The quantitative estimate of drug-likeness (QED) is 0.834. The molecule has 0 unspecified atom stereocenters. The van der Waals surface area contributed by atoms with Crippen LogP contribution in [0.4, 0.5) is 0 Å². The van der Waals surface area contributed by atoms with Crippen LogP contribution in [0.25, 0.3) is 6.08 Å². The zero-order valence-corrected chi connectivity index (χ0v) is 12.3. The van der Waals surface area contributed by atoms with E-state index in [-0.39, 0.29) is 5.91 Å². The molecule has 0 aliphatic rings. The highest BCUT2D eigenvalue weighted by Crippen LogP contribution is 2.15. The Morgan fingerprint density at radius 3 is 2.52 bits per heavy atom. The standard InChI is InChI=1S/C16H15NO3S/c1-11-8-9-21-14(11)10-17-16(20)13-5-2-12(3-6-13)4-7-15(18)19/h2-9H,10H2,1H3,(H,17,20)(H,18,19)/b7-4+. The maximum absolute atomic E-state index is 12.0. The summed E-state index contributed by atoms with van der Waals surface area (Å²) in [5.41, 5.74) is 2.47. The molecular weight excluding hydrogens is 286 g/mol. The van der Waals surface area contributed by atoms with Crippen molar-refractivity contribution in [2.75, 3.05) is 0 Å². The van der Waals surface area contributed by atoms with Crippen molar-refractivity contribution < 1.29 is 14.7 Å². The van der Waals surface area contributed by atoms with E-state index in [9.17, 15) is 9.59 Å². The Kier molecular flexibility index (Phi) is 4.90. The summed E-state index contributed by atoms with van der Waals surface area (Å²) in [7, 11) is 0. The molecule has 2 rings (SSSR count). The molecule has 1 heterocycles. The molecule has 0 atom stereocenters. The van der Waals surface area contributed by atoms with Crippen LogP contribution < -0.4 is 5.32 Å². The third kappa shape index (κ3) is 4.29. The second kappa shape index (κ2) is 6.85. The molecule has 5 heteroatoms. The summed E-state index contributed by atoms with van der Waals surface area (Å²) >= 11 is 1.62. The molecule has 4 nitrogen and oxygen atoms in total. The largest absolute Gasteiger partial charge is 0.478 e. The molecule has 2 N–H and O–H groups in total. The number of hydrogen-bond donors (Lipinski definition) is 2. The number of aliphatic carboxylic acids is 1. The predicted molar refractivity (Wildman–Crippen MR) is 83.3 cm³/mol. The van der Waals surface area contributed by atoms with Crippen molar-refractivity contribution in [2.45, 2.75) is 13.5 Å². The zero-order chi connectivity index (χ0) is 15.2. The molecule has 0 aliphatic carbocycles. The second-order valence-corrected chi connectivity index (χ2v) is 5.50. The summed E-state index contributed by atoms with van der Waals surface area (Å²) in [5.74, 6) is -1.14. The lowest BCUT2D eigenvalue weighted by Crippen LogP contribution is -2.22. The van der Waals surface area contributed by atoms with Gasteiger partial charge in [-0.3, -0.25) is 4.79 Å². The summed E-state index contributed by atoms with van der Waals surface area (Å²) in [6, 6.07) is 8.81. The van der Waals surface area contributed by atoms with E-state index in [0.29, 0.717) is 12.1 Å². The van der Waals surface area contributed by atoms with Crippen molar-refractivity contribution in [3.63, 3.8) is 0 Å². The lowest BCUT2D eigenvalue weighted by molar-refractivity contribution is -0.131. The van der Waals surface area contributed by atoms with Crippen LogP contribution in [0.2, 0.25) is 0 Å². The zero-order valence-electron chi connectivity index (χ0n) is 11.5. The Labute approximate surface area is 126 Å². The van der Waals surface area contributed by atoms with Gasteiger partial charge in [0.2, 0.25) is 0 Å². The first-order valence-electron chi connectivity index (χ1n) is 6.38. The van der Waals surface area contributed by atoms with Gasteiger partial charge in [-0.2, -0.15) is 0 Å². The minimum atomic E-state index is -0.997. The van der Waals surface area contributed by atoms with Gasteiger partial charge in [0.25, 0.3) is 5.91 Å². The molecule has 108 valence electrons. The van der Waals surface area contributed by atoms with Crippen LogP contribution in [0.5, 0.6) is 0 Å². The van der Waals surface area contributed by atoms with Crippen molar-refractivity contribution in [3.05, 3.63) is 63.4 Å². The van der Waals surface area contributed by atoms with E-state index < -0.39 is 5.97 Å². The number of carboxylic acid groups (broad SMARTS) is 1. The van der Waals surface area contributed by atoms with Crippen molar-refractivity contribution >= 4 is 29.3 Å². The van der Waals surface area contributed by atoms with Crippen molar-refractivity contribution in [1.29, 1.82) is 0 Å². The normalized spacial score (nSPS) is 10.7. The van der Waals surface area contributed by atoms with Crippen molar-refractivity contribution in [3.8, 4) is 0 Å². The van der Waals surface area contributed by atoms with Crippen molar-refractivity contribution in [2.24, 2.45) is 0 Å². The van der Waals surface area contributed by atoms with E-state index in [0.717, 1.165) is 16.5 Å². The van der Waals surface area contributed by atoms with E-state index in [1.807, 2.05) is 18.4 Å². The summed E-state index contributed by atoms with van der Waals surface area (Å²) in [4.78, 5) is 23.6. The SMILES string of the molecule is Cc1ccsc1CNC(=O)c1ccc(/C=C/C(=O)O)cc1. The van der Waals surface area contributed by atoms with Gasteiger partial charge in [0.05, 0.1) is 6.54 Å². The number of hydrogen-bond acceptors (Lipinski definition) is 3. The molecule has 2 aromatic rings. The third-order valence-corrected chi connectivity index (χ3v) is 3.99. The summed E-state index contributed by atoms with van der Waals surface area (Å²) < 4.78 is 0. The predicted octanol–water partition coefficient (Wildman–Crippen LogP) is 3.08. The first-order chi connectivity index (χ1) is 10.1. The van der Waals surface area contributed by atoms with Gasteiger partial charge in [0.1, 0.15) is 0 Å². The van der Waals surface area contributed by atoms with Gasteiger partial charge in [0.15, 0.2) is 0 Å². The molecule has 0 saturated heterocycles. The molecule has 0 radical (unpaired) electrons. The lowest BCUT2D eigenvalue weighted by Gasteiger charge is -2.05. The Morgan fingerprint density at radius 1 is 1.24 bits per heavy atom. The van der Waals surface area contributed by atoms with Crippen LogP contribution in [0, 0.1) is 6.92 Å². The number of thiophene rings is 1. The molecule has 1 aromatic carbocycles. The van der Waals surface area contributed by atoms with Gasteiger partial charge in [-0.25, -0.2) is 4.79 Å². The highest BCUT2D eigenvalue weighted by atomic mass is 32.1. The van der Waals surface area contributed by atoms with Crippen LogP contribution >= 0.6 is 11.3 Å². The number of carboxylic acids is 1. The molecule has 0 bridgehead atoms.